The molecule has 1 unspecified atom stereocenters. The van der Waals surface area contributed by atoms with Gasteiger partial charge in [-0.2, -0.15) is 0 Å². The average molecular weight is 461 g/mol. The molecule has 1 aliphatic rings. The Morgan fingerprint density at radius 3 is 2.47 bits per heavy atom. The van der Waals surface area contributed by atoms with E-state index in [4.69, 9.17) is 0 Å². The van der Waals surface area contributed by atoms with Crippen LogP contribution in [0.3, 0.4) is 0 Å². The van der Waals surface area contributed by atoms with E-state index in [9.17, 15) is 4.39 Å². The van der Waals surface area contributed by atoms with E-state index in [1.54, 1.807) is 24.8 Å². The zero-order valence-corrected chi connectivity index (χ0v) is 19.8. The molecule has 5 rings (SSSR count). The van der Waals surface area contributed by atoms with Crippen molar-refractivity contribution >= 4 is 10.9 Å². The molecule has 4 aromatic rings. The van der Waals surface area contributed by atoms with Gasteiger partial charge in [0.25, 0.3) is 0 Å². The van der Waals surface area contributed by atoms with Crippen molar-refractivity contribution in [2.75, 3.05) is 39.3 Å². The minimum absolute atomic E-state index is 0.162. The van der Waals surface area contributed by atoms with Gasteiger partial charge in [-0.3, -0.25) is 0 Å². The molecule has 0 spiro atoms. The third kappa shape index (κ3) is 5.54. The Hall–Kier alpha value is -3.03. The topological polar surface area (TPSA) is 53.0 Å². The smallest absolute Gasteiger partial charge is 0.123 e. The molecule has 178 valence electrons. The van der Waals surface area contributed by atoms with Crippen LogP contribution in [0.15, 0.2) is 61.3 Å². The van der Waals surface area contributed by atoms with E-state index in [1.165, 1.54) is 27.6 Å². The van der Waals surface area contributed by atoms with Crippen molar-refractivity contribution in [2.24, 2.45) is 0 Å². The summed E-state index contributed by atoms with van der Waals surface area (Å²) >= 11 is 0. The summed E-state index contributed by atoms with van der Waals surface area (Å²) in [5, 5.41) is 9.11. The molecule has 1 fully saturated rings. The molecule has 3 heterocycles. The van der Waals surface area contributed by atoms with Crippen LogP contribution in [0.4, 0.5) is 4.39 Å². The molecule has 0 aliphatic carbocycles. The lowest BCUT2D eigenvalue weighted by Gasteiger charge is -2.36. The van der Waals surface area contributed by atoms with E-state index >= 15 is 0 Å². The van der Waals surface area contributed by atoms with Crippen LogP contribution in [0, 0.1) is 5.82 Å². The molecule has 1 N–H and O–H groups in total. The van der Waals surface area contributed by atoms with Gasteiger partial charge in [-0.25, -0.2) is 4.39 Å². The van der Waals surface area contributed by atoms with Crippen LogP contribution in [0.1, 0.15) is 36.0 Å². The summed E-state index contributed by atoms with van der Waals surface area (Å²) < 4.78 is 15.2. The first kappa shape index (κ1) is 22.7. The summed E-state index contributed by atoms with van der Waals surface area (Å²) in [6.07, 6.45) is 7.92. The highest BCUT2D eigenvalue weighted by Gasteiger charge is 2.19. The zero-order valence-electron chi connectivity index (χ0n) is 19.8. The molecule has 34 heavy (non-hydrogen) atoms. The summed E-state index contributed by atoms with van der Waals surface area (Å²) in [7, 11) is 0. The molecular formula is C27H33FN6. The fourth-order valence-corrected chi connectivity index (χ4v) is 5.02. The molecular weight excluding hydrogens is 427 g/mol. The predicted octanol–water partition coefficient (Wildman–Crippen LogP) is 4.30. The number of piperazine rings is 1. The summed E-state index contributed by atoms with van der Waals surface area (Å²) in [5.74, 6) is 0.258. The first-order chi connectivity index (χ1) is 16.6. The average Bonchev–Trinajstić information content (AvgIpc) is 3.51. The van der Waals surface area contributed by atoms with Crippen LogP contribution in [-0.4, -0.2) is 68.8 Å². The molecule has 1 saturated heterocycles. The molecule has 6 nitrogen and oxygen atoms in total. The van der Waals surface area contributed by atoms with Crippen molar-refractivity contribution < 1.29 is 4.39 Å². The number of fused-ring (bicyclic) bond motifs is 1. The number of nitrogens with one attached hydrogen (secondary N) is 1. The molecule has 1 atom stereocenters. The summed E-state index contributed by atoms with van der Waals surface area (Å²) in [5.41, 5.74) is 5.07. The Kier molecular flexibility index (Phi) is 7.02. The van der Waals surface area contributed by atoms with E-state index in [2.05, 4.69) is 56.3 Å². The molecule has 1 aliphatic heterocycles. The maximum absolute atomic E-state index is 13.2. The summed E-state index contributed by atoms with van der Waals surface area (Å²) in [4.78, 5) is 8.56. The van der Waals surface area contributed by atoms with Crippen LogP contribution in [0.2, 0.25) is 0 Å². The molecule has 0 saturated carbocycles. The van der Waals surface area contributed by atoms with Crippen molar-refractivity contribution in [3.8, 4) is 0 Å². The van der Waals surface area contributed by atoms with E-state index in [1.807, 2.05) is 16.7 Å². The standard InChI is InChI=1S/C27H33FN6/c1-21(23-5-7-25(28)8-6-23)17-33-13-11-32(12-14-33)10-2-3-24-16-29-27-9-4-22(15-26(24)27)18-34-19-30-31-20-34/h4-9,15-16,19-21,29H,2-3,10-14,17-18H2,1H3. The van der Waals surface area contributed by atoms with Crippen LogP contribution in [0.5, 0.6) is 0 Å². The van der Waals surface area contributed by atoms with Crippen molar-refractivity contribution in [1.82, 2.24) is 29.5 Å². The number of aromatic nitrogens is 4. The fourth-order valence-electron chi connectivity index (χ4n) is 5.02. The van der Waals surface area contributed by atoms with E-state index in [-0.39, 0.29) is 5.82 Å². The summed E-state index contributed by atoms with van der Waals surface area (Å²) in [6, 6.07) is 13.6. The number of aryl methyl sites for hydroxylation is 1. The van der Waals surface area contributed by atoms with Gasteiger partial charge in [-0.15, -0.1) is 10.2 Å². The minimum Gasteiger partial charge on any atom is -0.361 e. The van der Waals surface area contributed by atoms with E-state index in [0.717, 1.165) is 58.7 Å². The maximum atomic E-state index is 13.2. The molecule has 0 amide bonds. The van der Waals surface area contributed by atoms with Crippen LogP contribution >= 0.6 is 0 Å². The van der Waals surface area contributed by atoms with Gasteiger partial charge in [0.05, 0.1) is 6.54 Å². The second-order valence-corrected chi connectivity index (χ2v) is 9.53. The Labute approximate surface area is 200 Å². The van der Waals surface area contributed by atoms with Gasteiger partial charge in [-0.1, -0.05) is 25.1 Å². The van der Waals surface area contributed by atoms with Gasteiger partial charge in [0, 0.05) is 49.8 Å². The van der Waals surface area contributed by atoms with Crippen LogP contribution in [0.25, 0.3) is 10.9 Å². The molecule has 0 radical (unpaired) electrons. The highest BCUT2D eigenvalue weighted by atomic mass is 19.1. The number of hydrogen-bond acceptors (Lipinski definition) is 4. The number of hydrogen-bond donors (Lipinski definition) is 1. The number of rotatable bonds is 9. The second kappa shape index (κ2) is 10.5. The van der Waals surface area contributed by atoms with Gasteiger partial charge < -0.3 is 19.4 Å². The zero-order chi connectivity index (χ0) is 23.3. The Bertz CT molecular complexity index is 1180. The minimum atomic E-state index is -0.162. The number of benzene rings is 2. The first-order valence-electron chi connectivity index (χ1n) is 12.3. The number of halogens is 1. The number of nitrogens with zero attached hydrogens (tertiary/aromatic N) is 5. The number of H-pyrrole nitrogens is 1. The van der Waals surface area contributed by atoms with Crippen molar-refractivity contribution in [3.63, 3.8) is 0 Å². The Morgan fingerprint density at radius 1 is 0.971 bits per heavy atom. The third-order valence-corrected chi connectivity index (χ3v) is 7.02. The first-order valence-corrected chi connectivity index (χ1v) is 12.3. The Balaban J connectivity index is 1.08. The third-order valence-electron chi connectivity index (χ3n) is 7.02. The molecule has 2 aromatic heterocycles. The second-order valence-electron chi connectivity index (χ2n) is 9.53. The predicted molar refractivity (Wildman–Crippen MR) is 133 cm³/mol. The molecule has 2 aromatic carbocycles. The SMILES string of the molecule is CC(CN1CCN(CCCc2c[nH]c3ccc(Cn4cnnc4)cc23)CC1)c1ccc(F)cc1. The van der Waals surface area contributed by atoms with Gasteiger partial charge >= 0.3 is 0 Å². The maximum Gasteiger partial charge on any atom is 0.123 e. The lowest BCUT2D eigenvalue weighted by atomic mass is 10.0. The Morgan fingerprint density at radius 2 is 1.71 bits per heavy atom. The lowest BCUT2D eigenvalue weighted by Crippen LogP contribution is -2.47. The van der Waals surface area contributed by atoms with Gasteiger partial charge in [0.15, 0.2) is 0 Å². The largest absolute Gasteiger partial charge is 0.361 e. The van der Waals surface area contributed by atoms with Crippen molar-refractivity contribution in [1.29, 1.82) is 0 Å². The van der Waals surface area contributed by atoms with E-state index < -0.39 is 0 Å². The quantitative estimate of drug-likeness (QED) is 0.405. The number of aromatic amines is 1. The monoisotopic (exact) mass is 460 g/mol. The molecule has 0 bridgehead atoms. The fraction of sp³-hybridized carbons (Fsp3) is 0.407. The lowest BCUT2D eigenvalue weighted by molar-refractivity contribution is 0.127. The van der Waals surface area contributed by atoms with Crippen LogP contribution in [-0.2, 0) is 13.0 Å². The van der Waals surface area contributed by atoms with Crippen molar-refractivity contribution in [3.05, 3.63) is 83.8 Å². The highest BCUT2D eigenvalue weighted by Crippen LogP contribution is 2.22. The summed E-state index contributed by atoms with van der Waals surface area (Å²) in [6.45, 7) is 9.63. The van der Waals surface area contributed by atoms with Gasteiger partial charge in [0.2, 0.25) is 0 Å². The van der Waals surface area contributed by atoms with E-state index in [0.29, 0.717) is 5.92 Å². The van der Waals surface area contributed by atoms with Gasteiger partial charge in [0.1, 0.15) is 18.5 Å². The van der Waals surface area contributed by atoms with Gasteiger partial charge in [-0.05, 0) is 66.3 Å². The molecule has 7 heteroatoms. The normalized spacial score (nSPS) is 16.3. The van der Waals surface area contributed by atoms with Crippen LogP contribution < -0.4 is 0 Å². The highest BCUT2D eigenvalue weighted by molar-refractivity contribution is 5.83. The van der Waals surface area contributed by atoms with Crippen molar-refractivity contribution in [2.45, 2.75) is 32.2 Å².